The topological polar surface area (TPSA) is 71.6 Å². The first kappa shape index (κ1) is 10.1. The monoisotopic (exact) mass is 212 g/mol. The first-order chi connectivity index (χ1) is 7.76. The lowest BCUT2D eigenvalue weighted by atomic mass is 10.3. The first-order valence-electron chi connectivity index (χ1n) is 4.63. The van der Waals surface area contributed by atoms with Gasteiger partial charge in [-0.15, -0.1) is 0 Å². The quantitative estimate of drug-likeness (QED) is 0.702. The number of carbonyl (C=O) groups is 1. The van der Waals surface area contributed by atoms with Crippen LogP contribution in [0.4, 0.5) is 0 Å². The van der Waals surface area contributed by atoms with Crippen LogP contribution in [0, 0.1) is 18.3 Å². The Morgan fingerprint density at radius 3 is 3.00 bits per heavy atom. The lowest BCUT2D eigenvalue weighted by molar-refractivity contribution is 0.112. The third-order valence-electron chi connectivity index (χ3n) is 2.19. The summed E-state index contributed by atoms with van der Waals surface area (Å²) in [6.45, 7) is 1.73. The molecule has 0 amide bonds. The summed E-state index contributed by atoms with van der Waals surface area (Å²) in [5.41, 5.74) is 1.53. The van der Waals surface area contributed by atoms with Crippen molar-refractivity contribution in [2.24, 2.45) is 0 Å². The van der Waals surface area contributed by atoms with E-state index in [9.17, 15) is 4.79 Å². The van der Waals surface area contributed by atoms with E-state index in [-0.39, 0.29) is 0 Å². The summed E-state index contributed by atoms with van der Waals surface area (Å²) in [5.74, 6) is 0.432. The van der Waals surface area contributed by atoms with Crippen molar-refractivity contribution in [1.82, 2.24) is 14.8 Å². The van der Waals surface area contributed by atoms with E-state index in [4.69, 9.17) is 5.26 Å². The largest absolute Gasteiger partial charge is 0.298 e. The van der Waals surface area contributed by atoms with E-state index < -0.39 is 0 Å². The van der Waals surface area contributed by atoms with E-state index >= 15 is 0 Å². The van der Waals surface area contributed by atoms with Crippen molar-refractivity contribution in [3.05, 3.63) is 41.3 Å². The molecule has 0 spiro atoms. The van der Waals surface area contributed by atoms with Gasteiger partial charge in [-0.3, -0.25) is 4.79 Å². The van der Waals surface area contributed by atoms with Gasteiger partial charge < -0.3 is 0 Å². The normalized spacial score (nSPS) is 9.75. The molecule has 5 nitrogen and oxygen atoms in total. The number of carbonyl (C=O) groups excluding carboxylic acids is 1. The number of rotatable bonds is 2. The lowest BCUT2D eigenvalue weighted by Crippen LogP contribution is -2.01. The van der Waals surface area contributed by atoms with Gasteiger partial charge in [0.1, 0.15) is 6.07 Å². The minimum Gasteiger partial charge on any atom is -0.298 e. The highest BCUT2D eigenvalue weighted by molar-refractivity contribution is 5.76. The van der Waals surface area contributed by atoms with Crippen LogP contribution in [0.3, 0.4) is 0 Å². The van der Waals surface area contributed by atoms with Gasteiger partial charge >= 0.3 is 0 Å². The zero-order valence-corrected chi connectivity index (χ0v) is 8.58. The Balaban J connectivity index is 2.59. The maximum atomic E-state index is 10.7. The molecule has 0 aliphatic rings. The molecule has 2 heterocycles. The summed E-state index contributed by atoms with van der Waals surface area (Å²) in [7, 11) is 0. The zero-order chi connectivity index (χ0) is 11.5. The Bertz CT molecular complexity index is 580. The minimum absolute atomic E-state index is 0.419. The molecule has 0 atom stereocenters. The van der Waals surface area contributed by atoms with Crippen molar-refractivity contribution >= 4 is 6.29 Å². The van der Waals surface area contributed by atoms with Crippen molar-refractivity contribution in [1.29, 1.82) is 5.26 Å². The van der Waals surface area contributed by atoms with Gasteiger partial charge in [0.15, 0.2) is 12.1 Å². The molecule has 0 unspecified atom stereocenters. The molecular formula is C11H8N4O. The van der Waals surface area contributed by atoms with Crippen molar-refractivity contribution in [3.8, 4) is 11.9 Å². The van der Waals surface area contributed by atoms with Crippen LogP contribution in [0.15, 0.2) is 24.5 Å². The minimum atomic E-state index is 0.419. The van der Waals surface area contributed by atoms with Gasteiger partial charge in [0.05, 0.1) is 16.8 Å². The highest BCUT2D eigenvalue weighted by Gasteiger charge is 2.09. The number of pyridine rings is 1. The molecule has 0 radical (unpaired) electrons. The van der Waals surface area contributed by atoms with Gasteiger partial charge in [0.25, 0.3) is 0 Å². The Morgan fingerprint density at radius 1 is 1.56 bits per heavy atom. The molecule has 16 heavy (non-hydrogen) atoms. The van der Waals surface area contributed by atoms with E-state index in [1.54, 1.807) is 31.5 Å². The molecular weight excluding hydrogens is 204 g/mol. The number of hydrogen-bond donors (Lipinski definition) is 0. The molecule has 0 saturated heterocycles. The SMILES string of the molecule is Cc1nn(-c2ncccc2C#N)cc1C=O. The second-order valence-corrected chi connectivity index (χ2v) is 3.22. The Labute approximate surface area is 92.0 Å². The summed E-state index contributed by atoms with van der Waals surface area (Å²) < 4.78 is 1.44. The van der Waals surface area contributed by atoms with Gasteiger partial charge in [-0.25, -0.2) is 9.67 Å². The maximum Gasteiger partial charge on any atom is 0.171 e. The molecule has 0 fully saturated rings. The molecule has 78 valence electrons. The summed E-state index contributed by atoms with van der Waals surface area (Å²) in [4.78, 5) is 14.8. The lowest BCUT2D eigenvalue weighted by Gasteiger charge is -2.00. The number of aldehydes is 1. The van der Waals surface area contributed by atoms with Gasteiger partial charge in [-0.2, -0.15) is 10.4 Å². The van der Waals surface area contributed by atoms with Crippen LogP contribution >= 0.6 is 0 Å². The van der Waals surface area contributed by atoms with Gasteiger partial charge in [-0.1, -0.05) is 0 Å². The Hall–Kier alpha value is -2.48. The van der Waals surface area contributed by atoms with Gasteiger partial charge in [0, 0.05) is 12.4 Å². The summed E-state index contributed by atoms with van der Waals surface area (Å²) in [5, 5.41) is 13.0. The molecule has 2 rings (SSSR count). The molecule has 0 aliphatic heterocycles. The van der Waals surface area contributed by atoms with E-state index in [0.717, 1.165) is 6.29 Å². The van der Waals surface area contributed by atoms with Crippen molar-refractivity contribution < 1.29 is 4.79 Å². The summed E-state index contributed by atoms with van der Waals surface area (Å²) >= 11 is 0. The zero-order valence-electron chi connectivity index (χ0n) is 8.58. The Morgan fingerprint density at radius 2 is 2.38 bits per heavy atom. The summed E-state index contributed by atoms with van der Waals surface area (Å²) in [6, 6.07) is 5.36. The number of aryl methyl sites for hydroxylation is 1. The van der Waals surface area contributed by atoms with E-state index in [0.29, 0.717) is 22.6 Å². The number of aromatic nitrogens is 3. The van der Waals surface area contributed by atoms with Crippen LogP contribution in [0.5, 0.6) is 0 Å². The third kappa shape index (κ3) is 1.57. The summed E-state index contributed by atoms with van der Waals surface area (Å²) in [6.07, 6.45) is 3.87. The van der Waals surface area contributed by atoms with Crippen molar-refractivity contribution in [3.63, 3.8) is 0 Å². The molecule has 2 aromatic heterocycles. The average molecular weight is 212 g/mol. The Kier molecular flexibility index (Phi) is 2.48. The van der Waals surface area contributed by atoms with Gasteiger partial charge in [-0.05, 0) is 19.1 Å². The van der Waals surface area contributed by atoms with E-state index in [2.05, 4.69) is 10.1 Å². The van der Waals surface area contributed by atoms with Crippen molar-refractivity contribution in [2.75, 3.05) is 0 Å². The molecule has 5 heteroatoms. The van der Waals surface area contributed by atoms with E-state index in [1.165, 1.54) is 4.68 Å². The number of hydrogen-bond acceptors (Lipinski definition) is 4. The molecule has 2 aromatic rings. The van der Waals surface area contributed by atoms with Crippen LogP contribution < -0.4 is 0 Å². The highest BCUT2D eigenvalue weighted by atomic mass is 16.1. The smallest absolute Gasteiger partial charge is 0.171 e. The fraction of sp³-hybridized carbons (Fsp3) is 0.0909. The molecule has 0 bridgehead atoms. The first-order valence-corrected chi connectivity index (χ1v) is 4.63. The van der Waals surface area contributed by atoms with Crippen molar-refractivity contribution in [2.45, 2.75) is 6.92 Å². The molecule has 0 aromatic carbocycles. The second-order valence-electron chi connectivity index (χ2n) is 3.22. The second kappa shape index (κ2) is 3.95. The van der Waals surface area contributed by atoms with Crippen LogP contribution in [-0.2, 0) is 0 Å². The number of nitriles is 1. The molecule has 0 N–H and O–H groups in total. The average Bonchev–Trinajstić information content (AvgIpc) is 2.70. The van der Waals surface area contributed by atoms with Crippen LogP contribution in [0.25, 0.3) is 5.82 Å². The van der Waals surface area contributed by atoms with Gasteiger partial charge in [0.2, 0.25) is 0 Å². The maximum absolute atomic E-state index is 10.7. The van der Waals surface area contributed by atoms with E-state index in [1.807, 2.05) is 6.07 Å². The standard InChI is InChI=1S/C11H8N4O/c1-8-10(7-16)6-15(14-8)11-9(5-12)3-2-4-13-11/h2-4,6-7H,1H3. The predicted octanol–water partition coefficient (Wildman–Crippen LogP) is 1.26. The fourth-order valence-corrected chi connectivity index (χ4v) is 1.36. The third-order valence-corrected chi connectivity index (χ3v) is 2.19. The number of nitrogens with zero attached hydrogens (tertiary/aromatic N) is 4. The molecule has 0 saturated carbocycles. The van der Waals surface area contributed by atoms with Crippen LogP contribution in [-0.4, -0.2) is 21.1 Å². The molecule has 0 aliphatic carbocycles. The highest BCUT2D eigenvalue weighted by Crippen LogP contribution is 2.11. The fourth-order valence-electron chi connectivity index (χ4n) is 1.36. The van der Waals surface area contributed by atoms with Crippen LogP contribution in [0.2, 0.25) is 0 Å². The van der Waals surface area contributed by atoms with Crippen LogP contribution in [0.1, 0.15) is 21.6 Å². The predicted molar refractivity (Wildman–Crippen MR) is 56.2 cm³/mol.